The van der Waals surface area contributed by atoms with Crippen molar-refractivity contribution in [3.8, 4) is 11.4 Å². The van der Waals surface area contributed by atoms with Crippen molar-refractivity contribution in [3.05, 3.63) is 58.7 Å². The minimum Gasteiger partial charge on any atom is -0.497 e. The molecule has 0 atom stereocenters. The normalized spacial score (nSPS) is 10.8. The molecule has 0 fully saturated rings. The molecule has 3 rings (SSSR count). The number of nitrogens with zero attached hydrogens (tertiary/aromatic N) is 2. The van der Waals surface area contributed by atoms with Crippen LogP contribution in [0, 0.1) is 6.92 Å². The average Bonchev–Trinajstić information content (AvgIpc) is 2.55. The molecule has 0 aliphatic carbocycles. The van der Waals surface area contributed by atoms with Crippen molar-refractivity contribution < 1.29 is 13.7 Å². The molecule has 2 aromatic carbocycles. The molecule has 0 spiro atoms. The highest BCUT2D eigenvalue weighted by Crippen LogP contribution is 2.23. The Morgan fingerprint density at radius 3 is 2.43 bits per heavy atom. The zero-order valence-corrected chi connectivity index (χ0v) is 13.7. The Morgan fingerprint density at radius 2 is 1.83 bits per heavy atom. The predicted molar refractivity (Wildman–Crippen MR) is 89.6 cm³/mol. The molecular weight excluding hydrogens is 292 g/mol. The van der Waals surface area contributed by atoms with Crippen molar-refractivity contribution >= 4 is 16.7 Å². The Labute approximate surface area is 134 Å². The third-order valence-electron chi connectivity index (χ3n) is 3.81. The molecule has 0 aliphatic heterocycles. The van der Waals surface area contributed by atoms with E-state index in [-0.39, 0.29) is 0 Å². The molecule has 0 amide bonds. The fraction of sp³-hybridized carbons (Fsp3) is 0.222. The van der Waals surface area contributed by atoms with Gasteiger partial charge in [-0.3, -0.25) is 0 Å². The van der Waals surface area contributed by atoms with E-state index in [2.05, 4.69) is 0 Å². The Bertz CT molecular complexity index is 912. The topological polar surface area (TPSA) is 46.6 Å². The van der Waals surface area contributed by atoms with Gasteiger partial charge in [-0.05, 0) is 36.8 Å². The molecule has 1 aromatic heterocycles. The number of anilines is 1. The van der Waals surface area contributed by atoms with Crippen LogP contribution in [0.4, 0.5) is 5.69 Å². The predicted octanol–water partition coefficient (Wildman–Crippen LogP) is 2.45. The van der Waals surface area contributed by atoms with E-state index in [4.69, 9.17) is 9.15 Å². The minimum atomic E-state index is -0.414. The van der Waals surface area contributed by atoms with E-state index in [1.807, 2.05) is 62.3 Å². The van der Waals surface area contributed by atoms with Gasteiger partial charge in [0.05, 0.1) is 12.5 Å². The molecule has 5 nitrogen and oxygen atoms in total. The summed E-state index contributed by atoms with van der Waals surface area (Å²) >= 11 is 0. The molecule has 3 aromatic rings. The van der Waals surface area contributed by atoms with Gasteiger partial charge < -0.3 is 14.1 Å². The number of aryl methyl sites for hydroxylation is 1. The number of methoxy groups -OCH3 is 1. The molecule has 0 saturated heterocycles. The van der Waals surface area contributed by atoms with Gasteiger partial charge in [-0.15, -0.1) is 0 Å². The molecule has 0 aliphatic rings. The standard InChI is InChI=1S/C18H19N2O3/c1-12-9-16(22-4)10-13-11-20(18(21)23-17(12)13)15-7-5-14(6-8-15)19(2)3/h5-11H,1-4H3/q+1. The van der Waals surface area contributed by atoms with Crippen molar-refractivity contribution in [1.29, 1.82) is 0 Å². The van der Waals surface area contributed by atoms with Crippen LogP contribution in [-0.4, -0.2) is 21.2 Å². The van der Waals surface area contributed by atoms with Gasteiger partial charge in [0, 0.05) is 31.9 Å². The van der Waals surface area contributed by atoms with Crippen LogP contribution >= 0.6 is 0 Å². The quantitative estimate of drug-likeness (QED) is 0.697. The first kappa shape index (κ1) is 15.1. The summed E-state index contributed by atoms with van der Waals surface area (Å²) in [5.41, 5.74) is 3.27. The van der Waals surface area contributed by atoms with Gasteiger partial charge in [-0.2, -0.15) is 4.79 Å². The van der Waals surface area contributed by atoms with Gasteiger partial charge in [0.25, 0.3) is 0 Å². The first-order chi connectivity index (χ1) is 11.0. The van der Waals surface area contributed by atoms with Gasteiger partial charge in [0.1, 0.15) is 5.75 Å². The first-order valence-electron chi connectivity index (χ1n) is 7.31. The molecule has 0 radical (unpaired) electrons. The highest BCUT2D eigenvalue weighted by atomic mass is 16.5. The number of fused-ring (bicyclic) bond motifs is 1. The maximum atomic E-state index is 12.3. The monoisotopic (exact) mass is 311 g/mol. The van der Waals surface area contributed by atoms with E-state index in [1.165, 1.54) is 4.57 Å². The number of hydrogen-bond acceptors (Lipinski definition) is 4. The highest BCUT2D eigenvalue weighted by molar-refractivity contribution is 5.80. The highest BCUT2D eigenvalue weighted by Gasteiger charge is 2.17. The lowest BCUT2D eigenvalue weighted by Gasteiger charge is -2.11. The van der Waals surface area contributed by atoms with Crippen molar-refractivity contribution in [2.24, 2.45) is 0 Å². The van der Waals surface area contributed by atoms with Crippen LogP contribution in [0.2, 0.25) is 0 Å². The molecule has 1 heterocycles. The molecule has 23 heavy (non-hydrogen) atoms. The molecule has 118 valence electrons. The molecule has 0 N–H and O–H groups in total. The second kappa shape index (κ2) is 5.76. The van der Waals surface area contributed by atoms with E-state index < -0.39 is 5.76 Å². The minimum absolute atomic E-state index is 0.414. The third kappa shape index (κ3) is 2.77. The average molecular weight is 311 g/mol. The molecule has 5 heteroatoms. The van der Waals surface area contributed by atoms with Crippen LogP contribution in [0.3, 0.4) is 0 Å². The lowest BCUT2D eigenvalue weighted by molar-refractivity contribution is -0.623. The van der Waals surface area contributed by atoms with Crippen molar-refractivity contribution in [2.45, 2.75) is 6.92 Å². The third-order valence-corrected chi connectivity index (χ3v) is 3.81. The summed E-state index contributed by atoms with van der Waals surface area (Å²) in [7, 11) is 5.57. The maximum Gasteiger partial charge on any atom is 0.608 e. The number of hydrogen-bond donors (Lipinski definition) is 0. The number of benzene rings is 2. The molecule has 0 unspecified atom stereocenters. The van der Waals surface area contributed by atoms with Gasteiger partial charge in [-0.1, -0.05) is 4.57 Å². The van der Waals surface area contributed by atoms with Crippen LogP contribution in [0.15, 0.2) is 51.8 Å². The SMILES string of the molecule is COc1cc(C)c2oc(=O)[n+](-c3ccc(N(C)C)cc3)cc2c1. The summed E-state index contributed by atoms with van der Waals surface area (Å²) in [6.07, 6.45) is 1.78. The largest absolute Gasteiger partial charge is 0.608 e. The summed E-state index contributed by atoms with van der Waals surface area (Å²) in [6.45, 7) is 1.89. The summed E-state index contributed by atoms with van der Waals surface area (Å²) < 4.78 is 12.3. The Hall–Kier alpha value is -2.82. The summed E-state index contributed by atoms with van der Waals surface area (Å²) in [5.74, 6) is 0.321. The van der Waals surface area contributed by atoms with Crippen LogP contribution in [0.25, 0.3) is 16.7 Å². The summed E-state index contributed by atoms with van der Waals surface area (Å²) in [6, 6.07) is 11.4. The number of ether oxygens (including phenoxy) is 1. The smallest absolute Gasteiger partial charge is 0.497 e. The molecule has 0 saturated carbocycles. The Balaban J connectivity index is 2.17. The van der Waals surface area contributed by atoms with Crippen LogP contribution in [-0.2, 0) is 0 Å². The first-order valence-corrected chi connectivity index (χ1v) is 7.31. The second-order valence-electron chi connectivity index (χ2n) is 5.64. The Morgan fingerprint density at radius 1 is 1.13 bits per heavy atom. The van der Waals surface area contributed by atoms with Gasteiger partial charge >= 0.3 is 5.76 Å². The van der Waals surface area contributed by atoms with Crippen LogP contribution in [0.5, 0.6) is 5.75 Å². The van der Waals surface area contributed by atoms with Crippen molar-refractivity contribution in [3.63, 3.8) is 0 Å². The van der Waals surface area contributed by atoms with Gasteiger partial charge in [0.2, 0.25) is 5.69 Å². The lowest BCUT2D eigenvalue weighted by atomic mass is 10.1. The zero-order valence-electron chi connectivity index (χ0n) is 13.7. The van der Waals surface area contributed by atoms with E-state index in [0.717, 1.165) is 28.1 Å². The summed E-state index contributed by atoms with van der Waals surface area (Å²) in [4.78, 5) is 14.3. The van der Waals surface area contributed by atoms with Crippen molar-refractivity contribution in [1.82, 2.24) is 0 Å². The van der Waals surface area contributed by atoms with E-state index >= 15 is 0 Å². The van der Waals surface area contributed by atoms with E-state index in [1.54, 1.807) is 13.3 Å². The number of rotatable bonds is 3. The van der Waals surface area contributed by atoms with Gasteiger partial charge in [0.15, 0.2) is 11.8 Å². The zero-order chi connectivity index (χ0) is 16.6. The fourth-order valence-electron chi connectivity index (χ4n) is 2.54. The lowest BCUT2D eigenvalue weighted by Crippen LogP contribution is -2.46. The number of aromatic nitrogens is 1. The van der Waals surface area contributed by atoms with Crippen LogP contribution in [0.1, 0.15) is 5.56 Å². The fourth-order valence-corrected chi connectivity index (χ4v) is 2.54. The van der Waals surface area contributed by atoms with Gasteiger partial charge in [-0.25, -0.2) is 0 Å². The molecular formula is C18H19N2O3+. The Kier molecular flexibility index (Phi) is 3.78. The second-order valence-corrected chi connectivity index (χ2v) is 5.64. The van der Waals surface area contributed by atoms with Crippen LogP contribution < -0.4 is 20.0 Å². The van der Waals surface area contributed by atoms with Crippen molar-refractivity contribution in [2.75, 3.05) is 26.1 Å². The molecule has 0 bridgehead atoms. The van der Waals surface area contributed by atoms with E-state index in [0.29, 0.717) is 5.58 Å². The van der Waals surface area contributed by atoms with E-state index in [9.17, 15) is 4.79 Å². The summed E-state index contributed by atoms with van der Waals surface area (Å²) in [5, 5.41) is 0.818. The maximum absolute atomic E-state index is 12.3.